The Balaban J connectivity index is 1.99. The van der Waals surface area contributed by atoms with Crippen molar-refractivity contribution in [3.63, 3.8) is 0 Å². The van der Waals surface area contributed by atoms with E-state index in [1.807, 2.05) is 0 Å². The third kappa shape index (κ3) is 2.68. The molecule has 1 nitrogen and oxygen atoms in total. The van der Waals surface area contributed by atoms with Crippen LogP contribution in [-0.4, -0.2) is 11.9 Å². The van der Waals surface area contributed by atoms with Gasteiger partial charge in [0.05, 0.1) is 6.61 Å². The highest BCUT2D eigenvalue weighted by Crippen LogP contribution is 2.47. The van der Waals surface area contributed by atoms with Crippen molar-refractivity contribution in [1.29, 1.82) is 0 Å². The highest BCUT2D eigenvalue weighted by atomic mass is 79.9. The standard InChI is InChI=1S/C11H11BrF2O/c12-6-11(1-2-11)7-15-10-4-8(13)3-9(14)5-10/h3-5H,1-2,6-7H2. The van der Waals surface area contributed by atoms with E-state index in [4.69, 9.17) is 4.74 Å². The van der Waals surface area contributed by atoms with E-state index in [-0.39, 0.29) is 11.2 Å². The van der Waals surface area contributed by atoms with Crippen LogP contribution in [0.3, 0.4) is 0 Å². The molecule has 1 aliphatic carbocycles. The molecular weight excluding hydrogens is 266 g/mol. The first-order valence-corrected chi connectivity index (χ1v) is 5.91. The van der Waals surface area contributed by atoms with Gasteiger partial charge in [0, 0.05) is 28.9 Å². The van der Waals surface area contributed by atoms with Gasteiger partial charge < -0.3 is 4.74 Å². The van der Waals surface area contributed by atoms with Crippen LogP contribution < -0.4 is 4.74 Å². The zero-order valence-electron chi connectivity index (χ0n) is 8.10. The Morgan fingerprint density at radius 2 is 1.80 bits per heavy atom. The average Bonchev–Trinajstić information content (AvgIpc) is 2.94. The van der Waals surface area contributed by atoms with Crippen molar-refractivity contribution in [2.24, 2.45) is 5.41 Å². The number of alkyl halides is 1. The molecule has 0 atom stereocenters. The van der Waals surface area contributed by atoms with Gasteiger partial charge >= 0.3 is 0 Å². The van der Waals surface area contributed by atoms with Crippen LogP contribution in [0.25, 0.3) is 0 Å². The predicted octanol–water partition coefficient (Wildman–Crippen LogP) is 3.52. The number of benzene rings is 1. The summed E-state index contributed by atoms with van der Waals surface area (Å²) >= 11 is 3.41. The first kappa shape index (κ1) is 10.9. The van der Waals surface area contributed by atoms with E-state index in [2.05, 4.69) is 15.9 Å². The average molecular weight is 277 g/mol. The minimum absolute atomic E-state index is 0.183. The molecule has 2 rings (SSSR count). The van der Waals surface area contributed by atoms with Crippen molar-refractivity contribution in [1.82, 2.24) is 0 Å². The van der Waals surface area contributed by atoms with E-state index in [0.29, 0.717) is 6.61 Å². The van der Waals surface area contributed by atoms with Crippen molar-refractivity contribution in [2.45, 2.75) is 12.8 Å². The summed E-state index contributed by atoms with van der Waals surface area (Å²) in [5.41, 5.74) is 0.183. The largest absolute Gasteiger partial charge is 0.493 e. The lowest BCUT2D eigenvalue weighted by Gasteiger charge is -2.13. The summed E-state index contributed by atoms with van der Waals surface area (Å²) < 4.78 is 31.0. The third-order valence-corrected chi connectivity index (χ3v) is 3.81. The van der Waals surface area contributed by atoms with Gasteiger partial charge in [0.15, 0.2) is 0 Å². The lowest BCUT2D eigenvalue weighted by molar-refractivity contribution is 0.249. The number of halogens is 3. The molecule has 0 radical (unpaired) electrons. The van der Waals surface area contributed by atoms with E-state index in [9.17, 15) is 8.78 Å². The summed E-state index contributed by atoms with van der Waals surface area (Å²) in [4.78, 5) is 0. The van der Waals surface area contributed by atoms with Gasteiger partial charge in [0.25, 0.3) is 0 Å². The van der Waals surface area contributed by atoms with Crippen LogP contribution >= 0.6 is 15.9 Å². The highest BCUT2D eigenvalue weighted by molar-refractivity contribution is 9.09. The van der Waals surface area contributed by atoms with Crippen LogP contribution in [0.15, 0.2) is 18.2 Å². The topological polar surface area (TPSA) is 9.23 Å². The fourth-order valence-electron chi connectivity index (χ4n) is 1.34. The smallest absolute Gasteiger partial charge is 0.129 e. The van der Waals surface area contributed by atoms with Gasteiger partial charge in [-0.05, 0) is 12.8 Å². The van der Waals surface area contributed by atoms with Crippen LogP contribution in [-0.2, 0) is 0 Å². The monoisotopic (exact) mass is 276 g/mol. The van der Waals surface area contributed by atoms with E-state index in [1.54, 1.807) is 0 Å². The van der Waals surface area contributed by atoms with Crippen molar-refractivity contribution in [2.75, 3.05) is 11.9 Å². The lowest BCUT2D eigenvalue weighted by atomic mass is 10.2. The van der Waals surface area contributed by atoms with Crippen molar-refractivity contribution < 1.29 is 13.5 Å². The molecule has 1 aromatic carbocycles. The van der Waals surface area contributed by atoms with Crippen LogP contribution in [0.5, 0.6) is 5.75 Å². The molecule has 15 heavy (non-hydrogen) atoms. The molecule has 0 heterocycles. The predicted molar refractivity (Wildman–Crippen MR) is 57.3 cm³/mol. The Morgan fingerprint density at radius 3 is 2.27 bits per heavy atom. The molecule has 0 amide bonds. The second-order valence-corrected chi connectivity index (χ2v) is 4.59. The summed E-state index contributed by atoms with van der Waals surface area (Å²) in [6.07, 6.45) is 2.21. The van der Waals surface area contributed by atoms with Gasteiger partial charge in [-0.2, -0.15) is 0 Å². The van der Waals surface area contributed by atoms with Gasteiger partial charge in [0.1, 0.15) is 17.4 Å². The van der Waals surface area contributed by atoms with Crippen LogP contribution in [0.1, 0.15) is 12.8 Å². The quantitative estimate of drug-likeness (QED) is 0.765. The summed E-state index contributed by atoms with van der Waals surface area (Å²) in [5.74, 6) is -0.942. The van der Waals surface area contributed by atoms with Gasteiger partial charge in [-0.1, -0.05) is 15.9 Å². The van der Waals surface area contributed by atoms with Crippen LogP contribution in [0, 0.1) is 17.0 Å². The van der Waals surface area contributed by atoms with Crippen molar-refractivity contribution in [3.05, 3.63) is 29.8 Å². The molecule has 1 aliphatic rings. The summed E-state index contributed by atoms with van der Waals surface area (Å²) in [6.45, 7) is 0.515. The second-order valence-electron chi connectivity index (χ2n) is 4.03. The zero-order chi connectivity index (χ0) is 10.9. The molecule has 1 fully saturated rings. The summed E-state index contributed by atoms with van der Waals surface area (Å²) in [5, 5.41) is 0.873. The van der Waals surface area contributed by atoms with Crippen LogP contribution in [0.2, 0.25) is 0 Å². The Hall–Kier alpha value is -0.640. The molecule has 0 saturated heterocycles. The Labute approximate surface area is 95.6 Å². The molecule has 1 aromatic rings. The maximum Gasteiger partial charge on any atom is 0.129 e. The lowest BCUT2D eigenvalue weighted by Crippen LogP contribution is -2.14. The first-order chi connectivity index (χ1) is 7.13. The Kier molecular flexibility index (Phi) is 2.96. The number of ether oxygens (including phenoxy) is 1. The molecule has 82 valence electrons. The molecule has 4 heteroatoms. The molecular formula is C11H11BrF2O. The fraction of sp³-hybridized carbons (Fsp3) is 0.455. The molecule has 0 bridgehead atoms. The fourth-order valence-corrected chi connectivity index (χ4v) is 2.06. The summed E-state index contributed by atoms with van der Waals surface area (Å²) in [6, 6.07) is 3.24. The molecule has 0 aromatic heterocycles. The van der Waals surface area contributed by atoms with Gasteiger partial charge in [-0.15, -0.1) is 0 Å². The normalized spacial score (nSPS) is 17.5. The van der Waals surface area contributed by atoms with Crippen molar-refractivity contribution in [3.8, 4) is 5.75 Å². The third-order valence-electron chi connectivity index (χ3n) is 2.62. The Morgan fingerprint density at radius 1 is 1.20 bits per heavy atom. The van der Waals surface area contributed by atoms with E-state index in [0.717, 1.165) is 24.2 Å². The zero-order valence-corrected chi connectivity index (χ0v) is 9.69. The van der Waals surface area contributed by atoms with Gasteiger partial charge in [-0.3, -0.25) is 0 Å². The maximum absolute atomic E-state index is 12.8. The molecule has 0 unspecified atom stereocenters. The minimum atomic E-state index is -0.603. The molecule has 0 aliphatic heterocycles. The first-order valence-electron chi connectivity index (χ1n) is 4.78. The maximum atomic E-state index is 12.8. The number of rotatable bonds is 4. The number of hydrogen-bond donors (Lipinski definition) is 0. The molecule has 1 saturated carbocycles. The van der Waals surface area contributed by atoms with Crippen molar-refractivity contribution >= 4 is 15.9 Å². The van der Waals surface area contributed by atoms with E-state index >= 15 is 0 Å². The minimum Gasteiger partial charge on any atom is -0.493 e. The second kappa shape index (κ2) is 4.08. The van der Waals surface area contributed by atoms with Crippen LogP contribution in [0.4, 0.5) is 8.78 Å². The molecule has 0 N–H and O–H groups in total. The molecule has 0 spiro atoms. The van der Waals surface area contributed by atoms with Gasteiger partial charge in [0.2, 0.25) is 0 Å². The Bertz CT molecular complexity index is 343. The number of hydrogen-bond acceptors (Lipinski definition) is 1. The van der Waals surface area contributed by atoms with Gasteiger partial charge in [-0.25, -0.2) is 8.78 Å². The van der Waals surface area contributed by atoms with E-state index in [1.165, 1.54) is 12.1 Å². The summed E-state index contributed by atoms with van der Waals surface area (Å²) in [7, 11) is 0. The van der Waals surface area contributed by atoms with E-state index < -0.39 is 11.6 Å². The highest BCUT2D eigenvalue weighted by Gasteiger charge is 2.42. The SMILES string of the molecule is Fc1cc(F)cc(OCC2(CBr)CC2)c1.